The second kappa shape index (κ2) is 4.64. The third-order valence-electron chi connectivity index (χ3n) is 3.13. The molecule has 0 aliphatic heterocycles. The molecule has 7 heteroatoms. The molecule has 0 atom stereocenters. The Labute approximate surface area is 119 Å². The fourth-order valence-electron chi connectivity index (χ4n) is 2.07. The zero-order valence-electron chi connectivity index (χ0n) is 10.7. The first-order valence-electron chi connectivity index (χ1n) is 5.97. The van der Waals surface area contributed by atoms with Gasteiger partial charge in [-0.15, -0.1) is 0 Å². The first-order chi connectivity index (χ1) is 9.56. The summed E-state index contributed by atoms with van der Waals surface area (Å²) in [7, 11) is 1.75. The smallest absolute Gasteiger partial charge is 0.264 e. The Bertz CT molecular complexity index is 852. The average Bonchev–Trinajstić information content (AvgIpc) is 2.80. The molecule has 2 aromatic heterocycles. The molecule has 2 heterocycles. The molecule has 102 valence electrons. The van der Waals surface area contributed by atoms with Gasteiger partial charge in [0, 0.05) is 7.05 Å². The van der Waals surface area contributed by atoms with Crippen molar-refractivity contribution in [2.75, 3.05) is 5.73 Å². The highest BCUT2D eigenvalue weighted by Crippen LogP contribution is 2.19. The van der Waals surface area contributed by atoms with E-state index in [1.807, 2.05) is 6.07 Å². The summed E-state index contributed by atoms with van der Waals surface area (Å²) in [5.41, 5.74) is 7.58. The molecule has 20 heavy (non-hydrogen) atoms. The third kappa shape index (κ3) is 2.04. The standard InChI is InChI=1S/C13H12ClN5O/c1-18-12-9(5-17-18)13(20)19(7-16-12)6-8-2-3-10(14)11(15)4-8/h2-5,7H,6,15H2,1H3. The number of nitrogens with two attached hydrogens (primary N) is 1. The Morgan fingerprint density at radius 3 is 2.95 bits per heavy atom. The number of nitrogens with zero attached hydrogens (tertiary/aromatic N) is 4. The summed E-state index contributed by atoms with van der Waals surface area (Å²) < 4.78 is 3.09. The van der Waals surface area contributed by atoms with Crippen molar-refractivity contribution in [3.05, 3.63) is 51.7 Å². The molecular weight excluding hydrogens is 278 g/mol. The lowest BCUT2D eigenvalue weighted by atomic mass is 10.2. The summed E-state index contributed by atoms with van der Waals surface area (Å²) >= 11 is 5.88. The minimum Gasteiger partial charge on any atom is -0.398 e. The van der Waals surface area contributed by atoms with Crippen LogP contribution in [0.4, 0.5) is 5.69 Å². The van der Waals surface area contributed by atoms with Gasteiger partial charge in [0.15, 0.2) is 5.65 Å². The molecule has 2 N–H and O–H groups in total. The maximum Gasteiger partial charge on any atom is 0.264 e. The van der Waals surface area contributed by atoms with Gasteiger partial charge in [-0.3, -0.25) is 14.0 Å². The highest BCUT2D eigenvalue weighted by Gasteiger charge is 2.08. The molecule has 0 amide bonds. The molecule has 3 aromatic rings. The lowest BCUT2D eigenvalue weighted by molar-refractivity contribution is 0.737. The van der Waals surface area contributed by atoms with Crippen LogP contribution < -0.4 is 11.3 Å². The Balaban J connectivity index is 2.04. The number of anilines is 1. The maximum absolute atomic E-state index is 12.3. The first-order valence-corrected chi connectivity index (χ1v) is 6.35. The number of aromatic nitrogens is 4. The van der Waals surface area contributed by atoms with E-state index in [-0.39, 0.29) is 5.56 Å². The zero-order valence-corrected chi connectivity index (χ0v) is 11.5. The lowest BCUT2D eigenvalue weighted by Crippen LogP contribution is -2.21. The van der Waals surface area contributed by atoms with Crippen LogP contribution in [-0.2, 0) is 13.6 Å². The van der Waals surface area contributed by atoms with Crippen molar-refractivity contribution in [3.8, 4) is 0 Å². The number of fused-ring (bicyclic) bond motifs is 1. The predicted octanol–water partition coefficient (Wildman–Crippen LogP) is 1.41. The minimum atomic E-state index is -0.128. The van der Waals surface area contributed by atoms with Gasteiger partial charge >= 0.3 is 0 Å². The van der Waals surface area contributed by atoms with Gasteiger partial charge < -0.3 is 5.73 Å². The number of aryl methyl sites for hydroxylation is 1. The van der Waals surface area contributed by atoms with E-state index < -0.39 is 0 Å². The average molecular weight is 290 g/mol. The van der Waals surface area contributed by atoms with E-state index in [2.05, 4.69) is 10.1 Å². The molecule has 1 aromatic carbocycles. The SMILES string of the molecule is Cn1ncc2c(=O)n(Cc3ccc(Cl)c(N)c3)cnc21. The van der Waals surface area contributed by atoms with Crippen LogP contribution in [0.25, 0.3) is 11.0 Å². The lowest BCUT2D eigenvalue weighted by Gasteiger charge is -2.07. The van der Waals surface area contributed by atoms with E-state index in [4.69, 9.17) is 17.3 Å². The molecule has 6 nitrogen and oxygen atoms in total. The van der Waals surface area contributed by atoms with Crippen LogP contribution >= 0.6 is 11.6 Å². The Hall–Kier alpha value is -2.34. The van der Waals surface area contributed by atoms with Crippen molar-refractivity contribution >= 4 is 28.3 Å². The topological polar surface area (TPSA) is 78.7 Å². The van der Waals surface area contributed by atoms with Gasteiger partial charge in [-0.2, -0.15) is 5.10 Å². The number of hydrogen-bond acceptors (Lipinski definition) is 4. The van der Waals surface area contributed by atoms with Crippen molar-refractivity contribution in [2.45, 2.75) is 6.54 Å². The highest BCUT2D eigenvalue weighted by molar-refractivity contribution is 6.33. The Morgan fingerprint density at radius 2 is 2.20 bits per heavy atom. The largest absolute Gasteiger partial charge is 0.398 e. The zero-order chi connectivity index (χ0) is 14.3. The summed E-state index contributed by atoms with van der Waals surface area (Å²) in [6.07, 6.45) is 3.04. The van der Waals surface area contributed by atoms with E-state index in [0.29, 0.717) is 28.3 Å². The van der Waals surface area contributed by atoms with E-state index >= 15 is 0 Å². The van der Waals surface area contributed by atoms with Gasteiger partial charge in [0.05, 0.1) is 23.5 Å². The van der Waals surface area contributed by atoms with Gasteiger partial charge in [0.25, 0.3) is 5.56 Å². The van der Waals surface area contributed by atoms with Crippen LogP contribution in [0.5, 0.6) is 0 Å². The van der Waals surface area contributed by atoms with Gasteiger partial charge in [-0.25, -0.2) is 4.98 Å². The number of halogens is 1. The quantitative estimate of drug-likeness (QED) is 0.724. The molecule has 0 aliphatic rings. The summed E-state index contributed by atoms with van der Waals surface area (Å²) in [5.74, 6) is 0. The summed E-state index contributed by atoms with van der Waals surface area (Å²) in [5, 5.41) is 5.03. The molecule has 0 unspecified atom stereocenters. The van der Waals surface area contributed by atoms with Gasteiger partial charge in [0.1, 0.15) is 11.7 Å². The number of hydrogen-bond donors (Lipinski definition) is 1. The summed E-state index contributed by atoms with van der Waals surface area (Å²) in [4.78, 5) is 16.6. The molecular formula is C13H12ClN5O. The second-order valence-electron chi connectivity index (χ2n) is 4.54. The molecule has 0 saturated carbocycles. The molecule has 0 bridgehead atoms. The van der Waals surface area contributed by atoms with Crippen molar-refractivity contribution < 1.29 is 0 Å². The van der Waals surface area contributed by atoms with Crippen LogP contribution in [0.3, 0.4) is 0 Å². The number of rotatable bonds is 2. The maximum atomic E-state index is 12.3. The number of benzene rings is 1. The molecule has 0 radical (unpaired) electrons. The van der Waals surface area contributed by atoms with Crippen LogP contribution in [0, 0.1) is 0 Å². The first kappa shape index (κ1) is 12.7. The molecule has 3 rings (SSSR count). The number of nitrogen functional groups attached to an aromatic ring is 1. The fraction of sp³-hybridized carbons (Fsp3) is 0.154. The highest BCUT2D eigenvalue weighted by atomic mass is 35.5. The predicted molar refractivity (Wildman–Crippen MR) is 77.7 cm³/mol. The van der Waals surface area contributed by atoms with E-state index in [0.717, 1.165) is 5.56 Å². The molecule has 0 fully saturated rings. The van der Waals surface area contributed by atoms with Crippen molar-refractivity contribution in [1.82, 2.24) is 19.3 Å². The minimum absolute atomic E-state index is 0.128. The van der Waals surface area contributed by atoms with Crippen molar-refractivity contribution in [3.63, 3.8) is 0 Å². The Kier molecular flexibility index (Phi) is 2.94. The van der Waals surface area contributed by atoms with Crippen LogP contribution in [0.2, 0.25) is 5.02 Å². The summed E-state index contributed by atoms with van der Waals surface area (Å²) in [6, 6.07) is 5.30. The third-order valence-corrected chi connectivity index (χ3v) is 3.48. The van der Waals surface area contributed by atoms with Crippen LogP contribution in [0.1, 0.15) is 5.56 Å². The van der Waals surface area contributed by atoms with Gasteiger partial charge in [-0.1, -0.05) is 17.7 Å². The summed E-state index contributed by atoms with van der Waals surface area (Å²) in [6.45, 7) is 0.387. The Morgan fingerprint density at radius 1 is 1.40 bits per heavy atom. The van der Waals surface area contributed by atoms with Gasteiger partial charge in [-0.05, 0) is 17.7 Å². The van der Waals surface area contributed by atoms with E-state index in [1.54, 1.807) is 23.9 Å². The van der Waals surface area contributed by atoms with Crippen LogP contribution in [0.15, 0.2) is 35.5 Å². The van der Waals surface area contributed by atoms with Crippen molar-refractivity contribution in [2.24, 2.45) is 7.05 Å². The molecule has 0 aliphatic carbocycles. The van der Waals surface area contributed by atoms with Crippen LogP contribution in [-0.4, -0.2) is 19.3 Å². The normalized spacial score (nSPS) is 11.1. The fourth-order valence-corrected chi connectivity index (χ4v) is 2.19. The molecule has 0 spiro atoms. The van der Waals surface area contributed by atoms with Gasteiger partial charge in [0.2, 0.25) is 0 Å². The van der Waals surface area contributed by atoms with Crippen molar-refractivity contribution in [1.29, 1.82) is 0 Å². The monoisotopic (exact) mass is 289 g/mol. The molecule has 0 saturated heterocycles. The van der Waals surface area contributed by atoms with E-state index in [9.17, 15) is 4.79 Å². The second-order valence-corrected chi connectivity index (χ2v) is 4.95. The van der Waals surface area contributed by atoms with E-state index in [1.165, 1.54) is 17.1 Å².